The van der Waals surface area contributed by atoms with Gasteiger partial charge in [-0.15, -0.1) is 0 Å². The first-order valence-electron chi connectivity index (χ1n) is 8.58. The highest BCUT2D eigenvalue weighted by Gasteiger charge is 2.12. The summed E-state index contributed by atoms with van der Waals surface area (Å²) in [5, 5.41) is 2.72. The highest BCUT2D eigenvalue weighted by molar-refractivity contribution is 7.89. The Bertz CT molecular complexity index is 806. The van der Waals surface area contributed by atoms with E-state index in [1.165, 1.54) is 12.1 Å². The van der Waals surface area contributed by atoms with Crippen LogP contribution in [0.5, 0.6) is 0 Å². The van der Waals surface area contributed by atoms with E-state index in [1.807, 2.05) is 19.2 Å². The molecule has 0 radical (unpaired) electrons. The molecule has 7 heteroatoms. The molecule has 140 valence electrons. The Labute approximate surface area is 155 Å². The quantitative estimate of drug-likeness (QED) is 0.659. The average Bonchev–Trinajstić information content (AvgIpc) is 2.66. The van der Waals surface area contributed by atoms with Crippen molar-refractivity contribution in [1.82, 2.24) is 10.0 Å². The van der Waals surface area contributed by atoms with Gasteiger partial charge in [-0.2, -0.15) is 0 Å². The van der Waals surface area contributed by atoms with Crippen molar-refractivity contribution in [1.29, 1.82) is 0 Å². The molecule has 0 unspecified atom stereocenters. The molecule has 0 aliphatic heterocycles. The van der Waals surface area contributed by atoms with Gasteiger partial charge in [0.1, 0.15) is 0 Å². The highest BCUT2D eigenvalue weighted by atomic mass is 32.2. The summed E-state index contributed by atoms with van der Waals surface area (Å²) in [6.45, 7) is 3.40. The van der Waals surface area contributed by atoms with Crippen LogP contribution in [0.2, 0.25) is 0 Å². The summed E-state index contributed by atoms with van der Waals surface area (Å²) in [4.78, 5) is 14.5. The second kappa shape index (κ2) is 9.35. The van der Waals surface area contributed by atoms with Crippen molar-refractivity contribution in [2.24, 2.45) is 0 Å². The largest absolute Gasteiger partial charge is 0.375 e. The van der Waals surface area contributed by atoms with E-state index in [-0.39, 0.29) is 23.9 Å². The van der Waals surface area contributed by atoms with Crippen LogP contribution in [0.25, 0.3) is 0 Å². The second-order valence-corrected chi connectivity index (χ2v) is 7.70. The third kappa shape index (κ3) is 5.57. The van der Waals surface area contributed by atoms with Crippen molar-refractivity contribution in [3.05, 3.63) is 60.2 Å². The van der Waals surface area contributed by atoms with Gasteiger partial charge in [0, 0.05) is 37.9 Å². The summed E-state index contributed by atoms with van der Waals surface area (Å²) in [7, 11) is -1.54. The molecular formula is C19H25N3O3S. The first-order valence-corrected chi connectivity index (χ1v) is 10.1. The Balaban J connectivity index is 1.82. The Morgan fingerprint density at radius 1 is 1.00 bits per heavy atom. The van der Waals surface area contributed by atoms with Crippen molar-refractivity contribution < 1.29 is 13.2 Å². The SMILES string of the molecule is CCCN(C)c1ccc(C(=O)NCCNS(=O)(=O)c2ccccc2)cc1. The van der Waals surface area contributed by atoms with Gasteiger partial charge in [-0.3, -0.25) is 4.79 Å². The molecule has 0 spiro atoms. The lowest BCUT2D eigenvalue weighted by atomic mass is 10.2. The topological polar surface area (TPSA) is 78.5 Å². The minimum atomic E-state index is -3.55. The molecule has 0 saturated carbocycles. The van der Waals surface area contributed by atoms with E-state index >= 15 is 0 Å². The third-order valence-corrected chi connectivity index (χ3v) is 5.36. The molecule has 1 amide bonds. The minimum Gasteiger partial charge on any atom is -0.375 e. The third-order valence-electron chi connectivity index (χ3n) is 3.89. The summed E-state index contributed by atoms with van der Waals surface area (Å²) in [5.41, 5.74) is 1.60. The molecule has 6 nitrogen and oxygen atoms in total. The van der Waals surface area contributed by atoms with Gasteiger partial charge in [0.25, 0.3) is 5.91 Å². The molecule has 0 fully saturated rings. The van der Waals surface area contributed by atoms with E-state index < -0.39 is 10.0 Å². The standard InChI is InChI=1S/C19H25N3O3S/c1-3-15-22(2)17-11-9-16(10-12-17)19(23)20-13-14-21-26(24,25)18-7-5-4-6-8-18/h4-12,21H,3,13-15H2,1-2H3,(H,20,23). The number of sulfonamides is 1. The zero-order valence-electron chi connectivity index (χ0n) is 15.1. The number of benzene rings is 2. The summed E-state index contributed by atoms with van der Waals surface area (Å²) in [6.07, 6.45) is 1.05. The predicted molar refractivity (Wildman–Crippen MR) is 104 cm³/mol. The summed E-state index contributed by atoms with van der Waals surface area (Å²) < 4.78 is 26.6. The second-order valence-electron chi connectivity index (χ2n) is 5.94. The lowest BCUT2D eigenvalue weighted by molar-refractivity contribution is 0.0954. The van der Waals surface area contributed by atoms with Crippen LogP contribution in [0.3, 0.4) is 0 Å². The Kier molecular flexibility index (Phi) is 7.17. The van der Waals surface area contributed by atoms with Crippen molar-refractivity contribution in [2.75, 3.05) is 31.6 Å². The fraction of sp³-hybridized carbons (Fsp3) is 0.316. The van der Waals surface area contributed by atoms with Crippen LogP contribution in [-0.2, 0) is 10.0 Å². The van der Waals surface area contributed by atoms with Gasteiger partial charge in [-0.05, 0) is 42.8 Å². The molecule has 0 aliphatic carbocycles. The molecule has 0 bridgehead atoms. The fourth-order valence-electron chi connectivity index (χ4n) is 2.48. The molecule has 2 aromatic carbocycles. The van der Waals surface area contributed by atoms with E-state index in [0.717, 1.165) is 18.7 Å². The highest BCUT2D eigenvalue weighted by Crippen LogP contribution is 2.14. The number of rotatable bonds is 9. The number of carbonyl (C=O) groups excluding carboxylic acids is 1. The lowest BCUT2D eigenvalue weighted by Crippen LogP contribution is -2.34. The lowest BCUT2D eigenvalue weighted by Gasteiger charge is -2.18. The van der Waals surface area contributed by atoms with Gasteiger partial charge >= 0.3 is 0 Å². The summed E-state index contributed by atoms with van der Waals surface area (Å²) in [6, 6.07) is 15.5. The van der Waals surface area contributed by atoms with E-state index in [0.29, 0.717) is 5.56 Å². The Morgan fingerprint density at radius 2 is 1.65 bits per heavy atom. The number of amides is 1. The first-order chi connectivity index (χ1) is 12.4. The Hall–Kier alpha value is -2.38. The van der Waals surface area contributed by atoms with Gasteiger partial charge in [0.05, 0.1) is 4.90 Å². The zero-order chi connectivity index (χ0) is 19.0. The number of hydrogen-bond acceptors (Lipinski definition) is 4. The van der Waals surface area contributed by atoms with Crippen LogP contribution in [0.15, 0.2) is 59.5 Å². The van der Waals surface area contributed by atoms with Crippen molar-refractivity contribution in [2.45, 2.75) is 18.2 Å². The van der Waals surface area contributed by atoms with Gasteiger partial charge in [0.2, 0.25) is 10.0 Å². The van der Waals surface area contributed by atoms with Crippen LogP contribution in [0.4, 0.5) is 5.69 Å². The van der Waals surface area contributed by atoms with Crippen LogP contribution < -0.4 is 14.9 Å². The number of carbonyl (C=O) groups is 1. The number of nitrogens with one attached hydrogen (secondary N) is 2. The molecule has 2 N–H and O–H groups in total. The number of hydrogen-bond donors (Lipinski definition) is 2. The van der Waals surface area contributed by atoms with Gasteiger partial charge < -0.3 is 10.2 Å². The smallest absolute Gasteiger partial charge is 0.251 e. The molecule has 0 atom stereocenters. The number of nitrogens with zero attached hydrogens (tertiary/aromatic N) is 1. The fourth-order valence-corrected chi connectivity index (χ4v) is 3.53. The van der Waals surface area contributed by atoms with Crippen molar-refractivity contribution in [3.63, 3.8) is 0 Å². The van der Waals surface area contributed by atoms with Crippen molar-refractivity contribution >= 4 is 21.6 Å². The summed E-state index contributed by atoms with van der Waals surface area (Å²) in [5.74, 6) is -0.228. The monoisotopic (exact) mass is 375 g/mol. The molecule has 0 heterocycles. The van der Waals surface area contributed by atoms with Gasteiger partial charge in [-0.1, -0.05) is 25.1 Å². The molecule has 2 rings (SSSR count). The molecule has 2 aromatic rings. The van der Waals surface area contributed by atoms with Crippen LogP contribution in [-0.4, -0.2) is 41.0 Å². The van der Waals surface area contributed by atoms with Gasteiger partial charge in [-0.25, -0.2) is 13.1 Å². The molecule has 0 aliphatic rings. The summed E-state index contributed by atoms with van der Waals surface area (Å²) >= 11 is 0. The van der Waals surface area contributed by atoms with E-state index in [9.17, 15) is 13.2 Å². The maximum atomic E-state index is 12.1. The predicted octanol–water partition coefficient (Wildman–Crippen LogP) is 2.24. The van der Waals surface area contributed by atoms with E-state index in [1.54, 1.807) is 30.3 Å². The molecule has 26 heavy (non-hydrogen) atoms. The van der Waals surface area contributed by atoms with E-state index in [2.05, 4.69) is 21.9 Å². The maximum Gasteiger partial charge on any atom is 0.251 e. The van der Waals surface area contributed by atoms with E-state index in [4.69, 9.17) is 0 Å². The molecular weight excluding hydrogens is 350 g/mol. The minimum absolute atomic E-state index is 0.125. The zero-order valence-corrected chi connectivity index (χ0v) is 15.9. The van der Waals surface area contributed by atoms with Crippen LogP contribution in [0, 0.1) is 0 Å². The normalized spacial score (nSPS) is 11.2. The number of anilines is 1. The molecule has 0 saturated heterocycles. The maximum absolute atomic E-state index is 12.1. The average molecular weight is 375 g/mol. The Morgan fingerprint density at radius 3 is 2.27 bits per heavy atom. The van der Waals surface area contributed by atoms with Gasteiger partial charge in [0.15, 0.2) is 0 Å². The molecule has 0 aromatic heterocycles. The van der Waals surface area contributed by atoms with Crippen LogP contribution in [0.1, 0.15) is 23.7 Å². The van der Waals surface area contributed by atoms with Crippen molar-refractivity contribution in [3.8, 4) is 0 Å². The first kappa shape index (κ1) is 19.9. The van der Waals surface area contributed by atoms with Crippen LogP contribution >= 0.6 is 0 Å².